The average Bonchev–Trinajstić information content (AvgIpc) is 3.29. The minimum Gasteiger partial charge on any atom is -0.497 e. The van der Waals surface area contributed by atoms with Gasteiger partial charge in [-0.05, 0) is 53.8 Å². The van der Waals surface area contributed by atoms with Gasteiger partial charge in [0.1, 0.15) is 5.75 Å². The lowest BCUT2D eigenvalue weighted by molar-refractivity contribution is 0.213. The van der Waals surface area contributed by atoms with E-state index in [2.05, 4.69) is 63.3 Å². The third kappa shape index (κ3) is 2.57. The molecule has 0 aromatic heterocycles. The van der Waals surface area contributed by atoms with Crippen molar-refractivity contribution in [2.45, 2.75) is 31.3 Å². The first kappa shape index (κ1) is 14.3. The van der Waals surface area contributed by atoms with Gasteiger partial charge in [-0.15, -0.1) is 0 Å². The van der Waals surface area contributed by atoms with E-state index in [0.29, 0.717) is 5.41 Å². The summed E-state index contributed by atoms with van der Waals surface area (Å²) < 4.78 is 6.45. The van der Waals surface area contributed by atoms with Gasteiger partial charge in [0.05, 0.1) is 7.11 Å². The van der Waals surface area contributed by atoms with Crippen molar-refractivity contribution in [1.29, 1.82) is 0 Å². The van der Waals surface area contributed by atoms with Crippen molar-refractivity contribution < 1.29 is 4.74 Å². The number of benzene rings is 2. The molecule has 0 N–H and O–H groups in total. The Bertz CT molecular complexity index is 691. The van der Waals surface area contributed by atoms with E-state index in [1.807, 2.05) is 0 Å². The molecule has 4 rings (SSSR count). The van der Waals surface area contributed by atoms with Crippen LogP contribution in [0, 0.1) is 0 Å². The quantitative estimate of drug-likeness (QED) is 0.801. The topological polar surface area (TPSA) is 12.5 Å². The summed E-state index contributed by atoms with van der Waals surface area (Å²) in [7, 11) is 1.71. The molecule has 2 aromatic carbocycles. The van der Waals surface area contributed by atoms with Crippen LogP contribution in [0.4, 0.5) is 0 Å². The second kappa shape index (κ2) is 5.39. The number of hydrogen-bond acceptors (Lipinski definition) is 2. The van der Waals surface area contributed by atoms with Crippen LogP contribution < -0.4 is 4.74 Å². The summed E-state index contributed by atoms with van der Waals surface area (Å²) in [5, 5.41) is 0. The molecule has 0 atom stereocenters. The zero-order valence-electron chi connectivity index (χ0n) is 12.8. The lowest BCUT2D eigenvalue weighted by Gasteiger charge is -2.35. The molecule has 22 heavy (non-hydrogen) atoms. The normalized spacial score (nSPS) is 19.0. The Labute approximate surface area is 140 Å². The molecule has 1 heterocycles. The van der Waals surface area contributed by atoms with Gasteiger partial charge in [0, 0.05) is 29.5 Å². The molecule has 1 spiro atoms. The standard InChI is InChI=1S/C19H20BrNO/c1-22-17-6-2-14(3-7-17)11-21-12-15-4-5-16(20)10-18(15)19(13-21)8-9-19/h2-7,10H,8-9,11-13H2,1H3. The van der Waals surface area contributed by atoms with Crippen molar-refractivity contribution in [3.05, 3.63) is 63.6 Å². The molecule has 114 valence electrons. The van der Waals surface area contributed by atoms with Gasteiger partial charge in [0.25, 0.3) is 0 Å². The van der Waals surface area contributed by atoms with Crippen LogP contribution in [0.1, 0.15) is 29.5 Å². The fraction of sp³-hybridized carbons (Fsp3) is 0.368. The highest BCUT2D eigenvalue weighted by Gasteiger charge is 2.48. The number of ether oxygens (including phenoxy) is 1. The number of nitrogens with zero attached hydrogens (tertiary/aromatic N) is 1. The number of fused-ring (bicyclic) bond motifs is 2. The highest BCUT2D eigenvalue weighted by atomic mass is 79.9. The lowest BCUT2D eigenvalue weighted by Crippen LogP contribution is -2.37. The van der Waals surface area contributed by atoms with E-state index in [1.54, 1.807) is 12.7 Å². The van der Waals surface area contributed by atoms with Gasteiger partial charge in [-0.2, -0.15) is 0 Å². The smallest absolute Gasteiger partial charge is 0.118 e. The number of halogens is 1. The highest BCUT2D eigenvalue weighted by molar-refractivity contribution is 9.10. The molecule has 1 aliphatic carbocycles. The molecule has 0 radical (unpaired) electrons. The van der Waals surface area contributed by atoms with Crippen molar-refractivity contribution in [2.75, 3.05) is 13.7 Å². The van der Waals surface area contributed by atoms with E-state index < -0.39 is 0 Å². The Morgan fingerprint density at radius 3 is 2.59 bits per heavy atom. The van der Waals surface area contributed by atoms with Gasteiger partial charge in [0.2, 0.25) is 0 Å². The number of methoxy groups -OCH3 is 1. The summed E-state index contributed by atoms with van der Waals surface area (Å²) in [4.78, 5) is 2.59. The van der Waals surface area contributed by atoms with E-state index in [4.69, 9.17) is 4.74 Å². The summed E-state index contributed by atoms with van der Waals surface area (Å²) in [5.74, 6) is 0.927. The molecule has 0 bridgehead atoms. The molecule has 1 aliphatic heterocycles. The zero-order valence-corrected chi connectivity index (χ0v) is 14.4. The summed E-state index contributed by atoms with van der Waals surface area (Å²) >= 11 is 3.63. The summed E-state index contributed by atoms with van der Waals surface area (Å²) in [5.41, 5.74) is 4.86. The Kier molecular flexibility index (Phi) is 3.50. The first-order valence-electron chi connectivity index (χ1n) is 7.83. The lowest BCUT2D eigenvalue weighted by atomic mass is 9.87. The molecule has 1 fully saturated rings. The van der Waals surface area contributed by atoms with E-state index >= 15 is 0 Å². The van der Waals surface area contributed by atoms with Gasteiger partial charge in [0.15, 0.2) is 0 Å². The van der Waals surface area contributed by atoms with Crippen LogP contribution in [0.25, 0.3) is 0 Å². The molecule has 0 unspecified atom stereocenters. The van der Waals surface area contributed by atoms with E-state index in [0.717, 1.165) is 18.8 Å². The maximum atomic E-state index is 5.24. The molecule has 2 nitrogen and oxygen atoms in total. The predicted octanol–water partition coefficient (Wildman–Crippen LogP) is 4.51. The van der Waals surface area contributed by atoms with Crippen LogP contribution in [0.5, 0.6) is 5.75 Å². The van der Waals surface area contributed by atoms with Crippen molar-refractivity contribution in [1.82, 2.24) is 4.90 Å². The third-order valence-electron chi connectivity index (χ3n) is 4.98. The van der Waals surface area contributed by atoms with Crippen molar-refractivity contribution in [3.63, 3.8) is 0 Å². The van der Waals surface area contributed by atoms with Gasteiger partial charge in [-0.3, -0.25) is 4.90 Å². The summed E-state index contributed by atoms with van der Waals surface area (Å²) in [6, 6.07) is 15.3. The molecular weight excluding hydrogens is 338 g/mol. The van der Waals surface area contributed by atoms with Gasteiger partial charge in [-0.25, -0.2) is 0 Å². The molecule has 2 aliphatic rings. The Morgan fingerprint density at radius 1 is 1.14 bits per heavy atom. The molecule has 1 saturated carbocycles. The largest absolute Gasteiger partial charge is 0.497 e. The minimum atomic E-state index is 0.420. The monoisotopic (exact) mass is 357 g/mol. The number of rotatable bonds is 3. The molecule has 3 heteroatoms. The van der Waals surface area contributed by atoms with Crippen LogP contribution in [0.2, 0.25) is 0 Å². The molecular formula is C19H20BrNO. The Balaban J connectivity index is 1.56. The molecule has 0 amide bonds. The second-order valence-electron chi connectivity index (χ2n) is 6.58. The number of hydrogen-bond donors (Lipinski definition) is 0. The Hall–Kier alpha value is -1.32. The summed E-state index contributed by atoms with van der Waals surface area (Å²) in [6.45, 7) is 3.25. The highest BCUT2D eigenvalue weighted by Crippen LogP contribution is 2.53. The van der Waals surface area contributed by atoms with Crippen LogP contribution in [-0.4, -0.2) is 18.6 Å². The molecule has 0 saturated heterocycles. The van der Waals surface area contributed by atoms with Gasteiger partial charge < -0.3 is 4.74 Å². The first-order valence-corrected chi connectivity index (χ1v) is 8.62. The average molecular weight is 358 g/mol. The van der Waals surface area contributed by atoms with Crippen LogP contribution in [0.15, 0.2) is 46.9 Å². The second-order valence-corrected chi connectivity index (χ2v) is 7.49. The van der Waals surface area contributed by atoms with E-state index in [-0.39, 0.29) is 0 Å². The van der Waals surface area contributed by atoms with Crippen molar-refractivity contribution in [3.8, 4) is 5.75 Å². The van der Waals surface area contributed by atoms with Crippen LogP contribution >= 0.6 is 15.9 Å². The first-order chi connectivity index (χ1) is 10.7. The minimum absolute atomic E-state index is 0.420. The maximum absolute atomic E-state index is 5.24. The van der Waals surface area contributed by atoms with Crippen LogP contribution in [0.3, 0.4) is 0 Å². The fourth-order valence-electron chi connectivity index (χ4n) is 3.67. The van der Waals surface area contributed by atoms with Crippen LogP contribution in [-0.2, 0) is 18.5 Å². The van der Waals surface area contributed by atoms with Crippen molar-refractivity contribution >= 4 is 15.9 Å². The van der Waals surface area contributed by atoms with E-state index in [9.17, 15) is 0 Å². The fourth-order valence-corrected chi connectivity index (χ4v) is 4.03. The predicted molar refractivity (Wildman–Crippen MR) is 92.2 cm³/mol. The zero-order chi connectivity index (χ0) is 15.2. The summed E-state index contributed by atoms with van der Waals surface area (Å²) in [6.07, 6.45) is 2.66. The maximum Gasteiger partial charge on any atom is 0.118 e. The Morgan fingerprint density at radius 2 is 1.91 bits per heavy atom. The van der Waals surface area contributed by atoms with E-state index in [1.165, 1.54) is 35.0 Å². The SMILES string of the molecule is COc1ccc(CN2Cc3ccc(Br)cc3C3(CC3)C2)cc1. The van der Waals surface area contributed by atoms with Gasteiger partial charge in [-0.1, -0.05) is 34.1 Å². The van der Waals surface area contributed by atoms with Gasteiger partial charge >= 0.3 is 0 Å². The van der Waals surface area contributed by atoms with Crippen molar-refractivity contribution in [2.24, 2.45) is 0 Å². The third-order valence-corrected chi connectivity index (χ3v) is 5.48. The molecule has 2 aromatic rings.